The van der Waals surface area contributed by atoms with Gasteiger partial charge in [-0.05, 0) is 29.8 Å². The maximum absolute atomic E-state index is 13.0. The van der Waals surface area contributed by atoms with Crippen molar-refractivity contribution in [2.75, 3.05) is 5.32 Å². The Balaban J connectivity index is 2.13. The van der Waals surface area contributed by atoms with Crippen molar-refractivity contribution >= 4 is 5.69 Å². The largest absolute Gasteiger partial charge is 0.573 e. The van der Waals surface area contributed by atoms with Crippen LogP contribution < -0.4 is 10.1 Å². The van der Waals surface area contributed by atoms with Crippen molar-refractivity contribution < 1.29 is 26.7 Å². The van der Waals surface area contributed by atoms with Crippen LogP contribution in [0.4, 0.5) is 27.6 Å². The molecule has 0 aliphatic carbocycles. The summed E-state index contributed by atoms with van der Waals surface area (Å²) in [6.07, 6.45) is -4.82. The molecule has 0 aromatic heterocycles. The zero-order valence-corrected chi connectivity index (χ0v) is 10.5. The van der Waals surface area contributed by atoms with Gasteiger partial charge in [-0.3, -0.25) is 0 Å². The van der Waals surface area contributed by atoms with Crippen molar-refractivity contribution in [1.82, 2.24) is 0 Å². The Kier molecular flexibility index (Phi) is 4.30. The lowest BCUT2D eigenvalue weighted by Crippen LogP contribution is -2.18. The second kappa shape index (κ2) is 5.99. The van der Waals surface area contributed by atoms with Gasteiger partial charge < -0.3 is 10.1 Å². The average molecular weight is 303 g/mol. The van der Waals surface area contributed by atoms with Gasteiger partial charge in [-0.15, -0.1) is 13.2 Å². The standard InChI is InChI=1S/C14H10F5NO/c15-10-5-9(6-11(16)7-10)8-20-12-3-1-2-4-13(12)21-14(17,18)19/h1-7,20H,8H2. The summed E-state index contributed by atoms with van der Waals surface area (Å²) in [6.45, 7) is -0.0487. The Morgan fingerprint density at radius 2 is 1.57 bits per heavy atom. The lowest BCUT2D eigenvalue weighted by atomic mass is 10.2. The molecular weight excluding hydrogens is 293 g/mol. The van der Waals surface area contributed by atoms with Gasteiger partial charge in [0.2, 0.25) is 0 Å². The summed E-state index contributed by atoms with van der Waals surface area (Å²) in [5, 5.41) is 2.65. The minimum Gasteiger partial charge on any atom is -0.404 e. The minimum atomic E-state index is -4.82. The van der Waals surface area contributed by atoms with Crippen LogP contribution in [0.15, 0.2) is 42.5 Å². The minimum absolute atomic E-state index is 0.0487. The fourth-order valence-corrected chi connectivity index (χ4v) is 1.74. The third kappa shape index (κ3) is 4.62. The first-order chi connectivity index (χ1) is 9.83. The Morgan fingerprint density at radius 1 is 0.952 bits per heavy atom. The molecule has 2 aromatic carbocycles. The molecule has 0 saturated carbocycles. The van der Waals surface area contributed by atoms with Crippen LogP contribution in [0.3, 0.4) is 0 Å². The molecule has 2 nitrogen and oxygen atoms in total. The van der Waals surface area contributed by atoms with Crippen LogP contribution in [0.1, 0.15) is 5.56 Å². The molecule has 0 aliphatic heterocycles. The summed E-state index contributed by atoms with van der Waals surface area (Å²) < 4.78 is 66.6. The van der Waals surface area contributed by atoms with Crippen LogP contribution in [0, 0.1) is 11.6 Å². The van der Waals surface area contributed by atoms with Gasteiger partial charge in [-0.25, -0.2) is 8.78 Å². The molecule has 0 radical (unpaired) electrons. The van der Waals surface area contributed by atoms with Crippen LogP contribution >= 0.6 is 0 Å². The summed E-state index contributed by atoms with van der Waals surface area (Å²) in [6, 6.07) is 8.29. The number of benzene rings is 2. The Morgan fingerprint density at radius 3 is 2.19 bits per heavy atom. The fourth-order valence-electron chi connectivity index (χ4n) is 1.74. The number of hydrogen-bond donors (Lipinski definition) is 1. The van der Waals surface area contributed by atoms with Gasteiger partial charge in [0.1, 0.15) is 11.6 Å². The summed E-state index contributed by atoms with van der Waals surface area (Å²) in [4.78, 5) is 0. The molecular formula is C14H10F5NO. The number of nitrogens with one attached hydrogen (secondary N) is 1. The molecule has 112 valence electrons. The van der Waals surface area contributed by atoms with Crippen molar-refractivity contribution in [3.63, 3.8) is 0 Å². The van der Waals surface area contributed by atoms with E-state index in [-0.39, 0.29) is 17.8 Å². The maximum atomic E-state index is 13.0. The highest BCUT2D eigenvalue weighted by Gasteiger charge is 2.32. The van der Waals surface area contributed by atoms with E-state index in [2.05, 4.69) is 10.1 Å². The molecule has 0 heterocycles. The zero-order chi connectivity index (χ0) is 15.5. The number of halogens is 5. The highest BCUT2D eigenvalue weighted by molar-refractivity contribution is 5.56. The molecule has 0 amide bonds. The van der Waals surface area contributed by atoms with E-state index < -0.39 is 23.7 Å². The van der Waals surface area contributed by atoms with Gasteiger partial charge in [0, 0.05) is 12.6 Å². The van der Waals surface area contributed by atoms with E-state index in [4.69, 9.17) is 0 Å². The highest BCUT2D eigenvalue weighted by atomic mass is 19.4. The molecule has 0 fully saturated rings. The topological polar surface area (TPSA) is 21.3 Å². The van der Waals surface area contributed by atoms with Crippen molar-refractivity contribution in [3.8, 4) is 5.75 Å². The van der Waals surface area contributed by atoms with E-state index >= 15 is 0 Å². The van der Waals surface area contributed by atoms with Gasteiger partial charge in [0.05, 0.1) is 5.69 Å². The van der Waals surface area contributed by atoms with Crippen LogP contribution in [0.25, 0.3) is 0 Å². The predicted octanol–water partition coefficient (Wildman–Crippen LogP) is 4.48. The highest BCUT2D eigenvalue weighted by Crippen LogP contribution is 2.30. The number of anilines is 1. The molecule has 2 aromatic rings. The number of hydrogen-bond acceptors (Lipinski definition) is 2. The summed E-state index contributed by atoms with van der Waals surface area (Å²) in [5.74, 6) is -1.93. The van der Waals surface area contributed by atoms with Gasteiger partial charge in [0.25, 0.3) is 0 Å². The van der Waals surface area contributed by atoms with Gasteiger partial charge >= 0.3 is 6.36 Å². The van der Waals surface area contributed by atoms with Crippen molar-refractivity contribution in [2.45, 2.75) is 12.9 Å². The molecule has 0 bridgehead atoms. The van der Waals surface area contributed by atoms with E-state index in [0.717, 1.165) is 18.2 Å². The SMILES string of the molecule is Fc1cc(F)cc(CNc2ccccc2OC(F)(F)F)c1. The first-order valence-electron chi connectivity index (χ1n) is 5.87. The number of para-hydroxylation sites is 2. The third-order valence-electron chi connectivity index (χ3n) is 2.52. The summed E-state index contributed by atoms with van der Waals surface area (Å²) in [5.41, 5.74) is 0.328. The van der Waals surface area contributed by atoms with Crippen LogP contribution in [0.5, 0.6) is 5.75 Å². The Hall–Kier alpha value is -2.31. The van der Waals surface area contributed by atoms with Crippen molar-refractivity contribution in [1.29, 1.82) is 0 Å². The van der Waals surface area contributed by atoms with E-state index in [1.807, 2.05) is 0 Å². The van der Waals surface area contributed by atoms with Gasteiger partial charge in [-0.1, -0.05) is 12.1 Å². The van der Waals surface area contributed by atoms with Crippen molar-refractivity contribution in [2.24, 2.45) is 0 Å². The number of rotatable bonds is 4. The monoisotopic (exact) mass is 303 g/mol. The molecule has 0 unspecified atom stereocenters. The summed E-state index contributed by atoms with van der Waals surface area (Å²) >= 11 is 0. The molecule has 21 heavy (non-hydrogen) atoms. The van der Waals surface area contributed by atoms with Crippen LogP contribution in [-0.4, -0.2) is 6.36 Å². The van der Waals surface area contributed by atoms with Crippen molar-refractivity contribution in [3.05, 3.63) is 59.7 Å². The second-order valence-electron chi connectivity index (χ2n) is 4.18. The Bertz CT molecular complexity index is 607. The molecule has 0 atom stereocenters. The molecule has 1 N–H and O–H groups in total. The fraction of sp³-hybridized carbons (Fsp3) is 0.143. The quantitative estimate of drug-likeness (QED) is 0.841. The van der Waals surface area contributed by atoms with Crippen LogP contribution in [-0.2, 0) is 6.54 Å². The molecule has 2 rings (SSSR count). The van der Waals surface area contributed by atoms with E-state index in [0.29, 0.717) is 6.07 Å². The maximum Gasteiger partial charge on any atom is 0.573 e. The number of ether oxygens (including phenoxy) is 1. The lowest BCUT2D eigenvalue weighted by molar-refractivity contribution is -0.274. The van der Waals surface area contributed by atoms with E-state index in [9.17, 15) is 22.0 Å². The lowest BCUT2D eigenvalue weighted by Gasteiger charge is -2.14. The predicted molar refractivity (Wildman–Crippen MR) is 66.8 cm³/mol. The first kappa shape index (κ1) is 15.1. The second-order valence-corrected chi connectivity index (χ2v) is 4.18. The molecule has 0 aliphatic rings. The van der Waals surface area contributed by atoms with Gasteiger partial charge in [0.15, 0.2) is 5.75 Å². The normalized spacial score (nSPS) is 11.3. The number of alkyl halides is 3. The molecule has 0 spiro atoms. The molecule has 0 saturated heterocycles. The summed E-state index contributed by atoms with van der Waals surface area (Å²) in [7, 11) is 0. The first-order valence-corrected chi connectivity index (χ1v) is 5.87. The van der Waals surface area contributed by atoms with E-state index in [1.165, 1.54) is 18.2 Å². The van der Waals surface area contributed by atoms with Crippen LogP contribution in [0.2, 0.25) is 0 Å². The molecule has 7 heteroatoms. The third-order valence-corrected chi connectivity index (χ3v) is 2.52. The van der Waals surface area contributed by atoms with Gasteiger partial charge in [-0.2, -0.15) is 0 Å². The smallest absolute Gasteiger partial charge is 0.404 e. The Labute approximate surface area is 117 Å². The average Bonchev–Trinajstić information content (AvgIpc) is 2.35. The zero-order valence-electron chi connectivity index (χ0n) is 10.5. The van der Waals surface area contributed by atoms with E-state index in [1.54, 1.807) is 0 Å².